The normalized spacial score (nSPS) is 16.9. The standard InChI is InChI=1S/C17H25FN2O3S/c1-24(22,23)20-16-10-9-14(18)11-15(16)17(21)19-12-13-7-5-3-2-4-6-8-13/h9-11,13,20H,2-8,12H2,1H3,(H,19,21). The fraction of sp³-hybridized carbons (Fsp3) is 0.588. The van der Waals surface area contributed by atoms with Gasteiger partial charge in [-0.05, 0) is 37.0 Å². The van der Waals surface area contributed by atoms with Gasteiger partial charge in [0.2, 0.25) is 10.0 Å². The molecule has 1 aliphatic rings. The molecule has 0 aromatic heterocycles. The monoisotopic (exact) mass is 356 g/mol. The first-order chi connectivity index (χ1) is 11.3. The molecule has 24 heavy (non-hydrogen) atoms. The number of nitrogens with one attached hydrogen (secondary N) is 2. The molecule has 134 valence electrons. The number of benzene rings is 1. The van der Waals surface area contributed by atoms with Crippen molar-refractivity contribution in [2.75, 3.05) is 17.5 Å². The third-order valence-corrected chi connectivity index (χ3v) is 4.89. The predicted octanol–water partition coefficient (Wildman–Crippen LogP) is 3.29. The molecule has 0 saturated heterocycles. The quantitative estimate of drug-likeness (QED) is 0.850. The number of carbonyl (C=O) groups excluding carboxylic acids is 1. The van der Waals surface area contributed by atoms with Gasteiger partial charge in [0.05, 0.1) is 17.5 Å². The fourth-order valence-corrected chi connectivity index (χ4v) is 3.65. The summed E-state index contributed by atoms with van der Waals surface area (Å²) in [7, 11) is -3.54. The van der Waals surface area contributed by atoms with Crippen molar-refractivity contribution in [2.24, 2.45) is 5.92 Å². The molecule has 2 N–H and O–H groups in total. The van der Waals surface area contributed by atoms with Crippen molar-refractivity contribution in [2.45, 2.75) is 44.9 Å². The Morgan fingerprint density at radius 3 is 2.42 bits per heavy atom. The Hall–Kier alpha value is -1.63. The van der Waals surface area contributed by atoms with Crippen LogP contribution < -0.4 is 10.0 Å². The second kappa shape index (κ2) is 8.46. The molecular weight excluding hydrogens is 331 g/mol. The zero-order valence-electron chi connectivity index (χ0n) is 14.0. The molecule has 0 aliphatic heterocycles. The van der Waals surface area contributed by atoms with Crippen molar-refractivity contribution in [3.8, 4) is 0 Å². The molecule has 1 fully saturated rings. The minimum atomic E-state index is -3.54. The van der Waals surface area contributed by atoms with Gasteiger partial charge in [0, 0.05) is 6.54 Å². The lowest BCUT2D eigenvalue weighted by Crippen LogP contribution is -2.30. The third-order valence-electron chi connectivity index (χ3n) is 4.30. The lowest BCUT2D eigenvalue weighted by molar-refractivity contribution is 0.0945. The molecule has 0 spiro atoms. The van der Waals surface area contributed by atoms with Gasteiger partial charge in [0.15, 0.2) is 0 Å². The largest absolute Gasteiger partial charge is 0.352 e. The minimum absolute atomic E-state index is 0.00580. The van der Waals surface area contributed by atoms with Gasteiger partial charge in [-0.25, -0.2) is 12.8 Å². The summed E-state index contributed by atoms with van der Waals surface area (Å²) in [4.78, 5) is 12.4. The summed E-state index contributed by atoms with van der Waals surface area (Å²) in [5.74, 6) is -0.609. The molecule has 0 bridgehead atoms. The van der Waals surface area contributed by atoms with Gasteiger partial charge in [-0.2, -0.15) is 0 Å². The molecule has 1 aromatic rings. The highest BCUT2D eigenvalue weighted by Crippen LogP contribution is 2.22. The average molecular weight is 356 g/mol. The van der Waals surface area contributed by atoms with Gasteiger partial charge in [0.1, 0.15) is 5.82 Å². The Morgan fingerprint density at radius 2 is 1.79 bits per heavy atom. The van der Waals surface area contributed by atoms with E-state index in [1.165, 1.54) is 38.2 Å². The van der Waals surface area contributed by atoms with E-state index in [0.29, 0.717) is 12.5 Å². The van der Waals surface area contributed by atoms with E-state index in [4.69, 9.17) is 0 Å². The van der Waals surface area contributed by atoms with E-state index in [1.807, 2.05) is 0 Å². The second-order valence-corrected chi connectivity index (χ2v) is 8.23. The van der Waals surface area contributed by atoms with E-state index in [2.05, 4.69) is 10.0 Å². The van der Waals surface area contributed by atoms with Crippen LogP contribution in [-0.4, -0.2) is 27.1 Å². The highest BCUT2D eigenvalue weighted by atomic mass is 32.2. The maximum Gasteiger partial charge on any atom is 0.253 e. The number of amides is 1. The molecular formula is C17H25FN2O3S. The molecule has 2 rings (SSSR count). The summed E-state index contributed by atoms with van der Waals surface area (Å²) >= 11 is 0. The van der Waals surface area contributed by atoms with E-state index in [1.54, 1.807) is 0 Å². The van der Waals surface area contributed by atoms with Crippen molar-refractivity contribution in [3.63, 3.8) is 0 Å². The van der Waals surface area contributed by atoms with Crippen LogP contribution in [0.25, 0.3) is 0 Å². The van der Waals surface area contributed by atoms with Crippen molar-refractivity contribution in [3.05, 3.63) is 29.6 Å². The summed E-state index contributed by atoms with van der Waals surface area (Å²) in [5, 5.41) is 2.83. The van der Waals surface area contributed by atoms with Gasteiger partial charge in [0.25, 0.3) is 5.91 Å². The highest BCUT2D eigenvalue weighted by Gasteiger charge is 2.17. The van der Waals surface area contributed by atoms with Crippen LogP contribution in [0.4, 0.5) is 10.1 Å². The van der Waals surface area contributed by atoms with Gasteiger partial charge in [-0.15, -0.1) is 0 Å². The van der Waals surface area contributed by atoms with Crippen LogP contribution in [0.5, 0.6) is 0 Å². The fourth-order valence-electron chi connectivity index (χ4n) is 3.07. The van der Waals surface area contributed by atoms with Crippen LogP contribution in [0.3, 0.4) is 0 Å². The summed E-state index contributed by atoms with van der Waals surface area (Å²) in [5.41, 5.74) is 0.0975. The molecule has 5 nitrogen and oxygen atoms in total. The van der Waals surface area contributed by atoms with Crippen LogP contribution in [0.2, 0.25) is 0 Å². The Kier molecular flexibility index (Phi) is 6.60. The van der Waals surface area contributed by atoms with E-state index in [0.717, 1.165) is 31.2 Å². The van der Waals surface area contributed by atoms with Crippen LogP contribution in [0.15, 0.2) is 18.2 Å². The Labute approximate surface area is 143 Å². The summed E-state index contributed by atoms with van der Waals surface area (Å²) < 4.78 is 38.5. The average Bonchev–Trinajstić information content (AvgIpc) is 2.46. The van der Waals surface area contributed by atoms with Crippen molar-refractivity contribution in [1.29, 1.82) is 0 Å². The maximum absolute atomic E-state index is 13.5. The summed E-state index contributed by atoms with van der Waals surface area (Å²) in [6.07, 6.45) is 9.24. The summed E-state index contributed by atoms with van der Waals surface area (Å²) in [6.45, 7) is 0.535. The van der Waals surface area contributed by atoms with Crippen LogP contribution >= 0.6 is 0 Å². The minimum Gasteiger partial charge on any atom is -0.352 e. The van der Waals surface area contributed by atoms with Crippen LogP contribution in [0, 0.1) is 11.7 Å². The van der Waals surface area contributed by atoms with E-state index < -0.39 is 21.7 Å². The molecule has 1 aliphatic carbocycles. The molecule has 7 heteroatoms. The van der Waals surface area contributed by atoms with Crippen molar-refractivity contribution in [1.82, 2.24) is 5.32 Å². The lowest BCUT2D eigenvalue weighted by Gasteiger charge is -2.20. The first kappa shape index (κ1) is 18.7. The van der Waals surface area contributed by atoms with Gasteiger partial charge < -0.3 is 5.32 Å². The lowest BCUT2D eigenvalue weighted by atomic mass is 9.91. The van der Waals surface area contributed by atoms with Crippen molar-refractivity contribution >= 4 is 21.6 Å². The number of sulfonamides is 1. The predicted molar refractivity (Wildman–Crippen MR) is 93.0 cm³/mol. The van der Waals surface area contributed by atoms with Gasteiger partial charge in [-0.3, -0.25) is 9.52 Å². The Morgan fingerprint density at radius 1 is 1.17 bits per heavy atom. The topological polar surface area (TPSA) is 75.3 Å². The highest BCUT2D eigenvalue weighted by molar-refractivity contribution is 7.92. The van der Waals surface area contributed by atoms with Gasteiger partial charge in [-0.1, -0.05) is 32.1 Å². The second-order valence-electron chi connectivity index (χ2n) is 6.49. The molecule has 0 radical (unpaired) electrons. The van der Waals surface area contributed by atoms with E-state index >= 15 is 0 Å². The molecule has 1 amide bonds. The molecule has 0 heterocycles. The molecule has 0 unspecified atom stereocenters. The Bertz CT molecular complexity index is 668. The number of hydrogen-bond donors (Lipinski definition) is 2. The number of anilines is 1. The molecule has 0 atom stereocenters. The molecule has 1 saturated carbocycles. The maximum atomic E-state index is 13.5. The zero-order chi connectivity index (χ0) is 17.6. The Balaban J connectivity index is 2.04. The number of hydrogen-bond acceptors (Lipinski definition) is 3. The SMILES string of the molecule is CS(=O)(=O)Nc1ccc(F)cc1C(=O)NCC1CCCCCCC1. The number of carbonyl (C=O) groups is 1. The first-order valence-electron chi connectivity index (χ1n) is 8.41. The van der Waals surface area contributed by atoms with E-state index in [9.17, 15) is 17.6 Å². The van der Waals surface area contributed by atoms with E-state index in [-0.39, 0.29) is 11.3 Å². The van der Waals surface area contributed by atoms with Crippen LogP contribution in [0.1, 0.15) is 55.3 Å². The summed E-state index contributed by atoms with van der Waals surface area (Å²) in [6, 6.07) is 3.45. The number of halogens is 1. The van der Waals surface area contributed by atoms with Crippen LogP contribution in [-0.2, 0) is 10.0 Å². The third kappa shape index (κ3) is 6.11. The number of rotatable bonds is 5. The first-order valence-corrected chi connectivity index (χ1v) is 10.3. The van der Waals surface area contributed by atoms with Gasteiger partial charge >= 0.3 is 0 Å². The van der Waals surface area contributed by atoms with Crippen molar-refractivity contribution < 1.29 is 17.6 Å². The molecule has 1 aromatic carbocycles. The zero-order valence-corrected chi connectivity index (χ0v) is 14.8. The smallest absolute Gasteiger partial charge is 0.253 e.